The van der Waals surface area contributed by atoms with Crippen molar-refractivity contribution in [2.45, 2.75) is 32.6 Å². The molecule has 94 valence electrons. The molecule has 17 heavy (non-hydrogen) atoms. The maximum Gasteiger partial charge on any atom is 0.182 e. The van der Waals surface area contributed by atoms with Crippen LogP contribution in [0.5, 0.6) is 0 Å². The van der Waals surface area contributed by atoms with E-state index in [9.17, 15) is 4.79 Å². The van der Waals surface area contributed by atoms with Gasteiger partial charge in [0.2, 0.25) is 0 Å². The number of ketones is 1. The third-order valence-electron chi connectivity index (χ3n) is 3.43. The number of nitrogens with zero attached hydrogens (tertiary/aromatic N) is 4. The molecule has 1 unspecified atom stereocenters. The zero-order chi connectivity index (χ0) is 12.3. The Balaban J connectivity index is 2.06. The topological polar surface area (TPSA) is 72.7 Å². The molecule has 6 nitrogen and oxygen atoms in total. The molecule has 0 amide bonds. The Bertz CT molecular complexity index is 394. The highest BCUT2D eigenvalue weighted by Gasteiger charge is 2.40. The molecule has 1 N–H and O–H groups in total. The van der Waals surface area contributed by atoms with E-state index in [-0.39, 0.29) is 11.2 Å². The Hall–Kier alpha value is -1.30. The minimum atomic E-state index is -0.200. The second-order valence-corrected chi connectivity index (χ2v) is 4.75. The molecule has 2 heterocycles. The van der Waals surface area contributed by atoms with Gasteiger partial charge in [0.05, 0.1) is 13.5 Å². The molecule has 1 aliphatic heterocycles. The van der Waals surface area contributed by atoms with Gasteiger partial charge in [0.1, 0.15) is 5.78 Å². The van der Waals surface area contributed by atoms with Gasteiger partial charge in [-0.05, 0) is 24.6 Å². The normalized spacial score (nSPS) is 24.1. The first kappa shape index (κ1) is 12.2. The van der Waals surface area contributed by atoms with Crippen LogP contribution < -0.4 is 5.32 Å². The second-order valence-electron chi connectivity index (χ2n) is 4.75. The second kappa shape index (κ2) is 4.91. The van der Waals surface area contributed by atoms with Crippen LogP contribution in [0.2, 0.25) is 0 Å². The first-order chi connectivity index (χ1) is 8.16. The maximum absolute atomic E-state index is 12.4. The molecule has 0 radical (unpaired) electrons. The predicted molar refractivity (Wildman–Crippen MR) is 62.3 cm³/mol. The minimum Gasteiger partial charge on any atom is -0.316 e. The van der Waals surface area contributed by atoms with Gasteiger partial charge in [-0.2, -0.15) is 4.80 Å². The molecular weight excluding hydrogens is 218 g/mol. The van der Waals surface area contributed by atoms with Gasteiger partial charge in [-0.1, -0.05) is 13.3 Å². The SMILES string of the molecule is CCCC1(C(=O)Cc2nnn(C)n2)CCNC1. The predicted octanol–water partition coefficient (Wildman–Crippen LogP) is 0.101. The lowest BCUT2D eigenvalue weighted by atomic mass is 9.77. The summed E-state index contributed by atoms with van der Waals surface area (Å²) < 4.78 is 0. The van der Waals surface area contributed by atoms with Gasteiger partial charge >= 0.3 is 0 Å². The first-order valence-corrected chi connectivity index (χ1v) is 6.13. The zero-order valence-corrected chi connectivity index (χ0v) is 10.4. The van der Waals surface area contributed by atoms with E-state index in [2.05, 4.69) is 27.7 Å². The smallest absolute Gasteiger partial charge is 0.182 e. The van der Waals surface area contributed by atoms with Gasteiger partial charge in [-0.15, -0.1) is 10.2 Å². The number of nitrogens with one attached hydrogen (secondary N) is 1. The van der Waals surface area contributed by atoms with Crippen molar-refractivity contribution >= 4 is 5.78 Å². The third kappa shape index (κ3) is 2.52. The van der Waals surface area contributed by atoms with E-state index in [1.807, 2.05) is 0 Å². The molecule has 6 heteroatoms. The molecule has 0 aromatic carbocycles. The van der Waals surface area contributed by atoms with Crippen LogP contribution >= 0.6 is 0 Å². The van der Waals surface area contributed by atoms with Gasteiger partial charge in [0.15, 0.2) is 5.82 Å². The highest BCUT2D eigenvalue weighted by Crippen LogP contribution is 2.32. The van der Waals surface area contributed by atoms with Gasteiger partial charge in [0.25, 0.3) is 0 Å². The van der Waals surface area contributed by atoms with Crippen molar-refractivity contribution < 1.29 is 4.79 Å². The summed E-state index contributed by atoms with van der Waals surface area (Å²) in [6, 6.07) is 0. The number of carbonyl (C=O) groups excluding carboxylic acids is 1. The first-order valence-electron chi connectivity index (χ1n) is 6.13. The van der Waals surface area contributed by atoms with E-state index in [0.29, 0.717) is 12.2 Å². The Morgan fingerprint density at radius 3 is 2.94 bits per heavy atom. The molecule has 0 spiro atoms. The third-order valence-corrected chi connectivity index (χ3v) is 3.43. The number of Topliss-reactive ketones (excluding diaryl/α,β-unsaturated/α-hetero) is 1. The van der Waals surface area contributed by atoms with Crippen LogP contribution in [0.25, 0.3) is 0 Å². The Morgan fingerprint density at radius 1 is 1.59 bits per heavy atom. The molecule has 1 aromatic rings. The highest BCUT2D eigenvalue weighted by atomic mass is 16.1. The van der Waals surface area contributed by atoms with E-state index < -0.39 is 0 Å². The zero-order valence-electron chi connectivity index (χ0n) is 10.4. The number of rotatable bonds is 5. The molecule has 0 bridgehead atoms. The van der Waals surface area contributed by atoms with Gasteiger partial charge in [-0.25, -0.2) is 0 Å². The monoisotopic (exact) mass is 237 g/mol. The molecule has 1 atom stereocenters. The van der Waals surface area contributed by atoms with Crippen molar-refractivity contribution in [1.82, 2.24) is 25.5 Å². The molecule has 1 fully saturated rings. The fraction of sp³-hybridized carbons (Fsp3) is 0.818. The Kier molecular flexibility index (Phi) is 3.51. The molecule has 1 saturated heterocycles. The van der Waals surface area contributed by atoms with E-state index in [1.165, 1.54) is 4.80 Å². The molecule has 0 aliphatic carbocycles. The quantitative estimate of drug-likeness (QED) is 0.786. The number of aryl methyl sites for hydroxylation is 1. The fourth-order valence-electron chi connectivity index (χ4n) is 2.54. The highest BCUT2D eigenvalue weighted by molar-refractivity contribution is 5.86. The summed E-state index contributed by atoms with van der Waals surface area (Å²) in [6.07, 6.45) is 3.20. The van der Waals surface area contributed by atoms with Crippen LogP contribution in [0.15, 0.2) is 0 Å². The number of hydrogen-bond acceptors (Lipinski definition) is 5. The van der Waals surface area contributed by atoms with E-state index in [1.54, 1.807) is 7.05 Å². The molecule has 1 aliphatic rings. The Labute approximate surface area is 101 Å². The lowest BCUT2D eigenvalue weighted by Gasteiger charge is -2.25. The van der Waals surface area contributed by atoms with Crippen LogP contribution in [0.1, 0.15) is 32.0 Å². The molecular formula is C11H19N5O. The van der Waals surface area contributed by atoms with Crippen molar-refractivity contribution in [2.24, 2.45) is 12.5 Å². The minimum absolute atomic E-state index is 0.200. The number of aromatic nitrogens is 4. The van der Waals surface area contributed by atoms with Gasteiger partial charge in [-0.3, -0.25) is 4.79 Å². The summed E-state index contributed by atoms with van der Waals surface area (Å²) in [5, 5.41) is 15.0. The van der Waals surface area contributed by atoms with Gasteiger partial charge in [0, 0.05) is 12.0 Å². The molecule has 2 rings (SSSR count). The summed E-state index contributed by atoms with van der Waals surface area (Å²) in [7, 11) is 1.71. The van der Waals surface area contributed by atoms with Crippen LogP contribution in [-0.4, -0.2) is 39.1 Å². The average Bonchev–Trinajstić information content (AvgIpc) is 2.89. The van der Waals surface area contributed by atoms with Crippen LogP contribution in [0.4, 0.5) is 0 Å². The van der Waals surface area contributed by atoms with Crippen molar-refractivity contribution in [3.63, 3.8) is 0 Å². The van der Waals surface area contributed by atoms with Crippen molar-refractivity contribution in [3.05, 3.63) is 5.82 Å². The summed E-state index contributed by atoms with van der Waals surface area (Å²) in [4.78, 5) is 13.8. The van der Waals surface area contributed by atoms with Crippen LogP contribution in [0.3, 0.4) is 0 Å². The number of tetrazole rings is 1. The summed E-state index contributed by atoms with van der Waals surface area (Å²) >= 11 is 0. The average molecular weight is 237 g/mol. The largest absolute Gasteiger partial charge is 0.316 e. The number of carbonyl (C=O) groups is 1. The van der Waals surface area contributed by atoms with E-state index >= 15 is 0 Å². The number of hydrogen-bond donors (Lipinski definition) is 1. The standard InChI is InChI=1S/C11H19N5O/c1-3-4-11(5-6-12-8-11)9(17)7-10-13-15-16(2)14-10/h12H,3-8H2,1-2H3. The fourth-order valence-corrected chi connectivity index (χ4v) is 2.54. The van der Waals surface area contributed by atoms with Crippen molar-refractivity contribution in [1.29, 1.82) is 0 Å². The van der Waals surface area contributed by atoms with Crippen LogP contribution in [-0.2, 0) is 18.3 Å². The lowest BCUT2D eigenvalue weighted by molar-refractivity contribution is -0.127. The van der Waals surface area contributed by atoms with Gasteiger partial charge < -0.3 is 5.32 Å². The van der Waals surface area contributed by atoms with E-state index in [4.69, 9.17) is 0 Å². The van der Waals surface area contributed by atoms with Crippen LogP contribution in [0, 0.1) is 5.41 Å². The summed E-state index contributed by atoms with van der Waals surface area (Å²) in [5.74, 6) is 0.775. The summed E-state index contributed by atoms with van der Waals surface area (Å²) in [5.41, 5.74) is -0.200. The molecule has 1 aromatic heterocycles. The van der Waals surface area contributed by atoms with E-state index in [0.717, 1.165) is 32.4 Å². The summed E-state index contributed by atoms with van der Waals surface area (Å²) in [6.45, 7) is 3.84. The molecule has 0 saturated carbocycles. The lowest BCUT2D eigenvalue weighted by Crippen LogP contribution is -2.35. The van der Waals surface area contributed by atoms with Crippen molar-refractivity contribution in [2.75, 3.05) is 13.1 Å². The maximum atomic E-state index is 12.4. The van der Waals surface area contributed by atoms with Crippen molar-refractivity contribution in [3.8, 4) is 0 Å². The Morgan fingerprint density at radius 2 is 2.41 bits per heavy atom.